The molecule has 1 fully saturated rings. The van der Waals surface area contributed by atoms with Gasteiger partial charge in [0.25, 0.3) is 0 Å². The molecule has 0 amide bonds. The molecule has 24 heavy (non-hydrogen) atoms. The zero-order valence-electron chi connectivity index (χ0n) is 14.4. The van der Waals surface area contributed by atoms with E-state index in [0.29, 0.717) is 6.04 Å². The molecule has 128 valence electrons. The first-order valence-corrected chi connectivity index (χ1v) is 8.89. The van der Waals surface area contributed by atoms with Crippen LogP contribution in [0.1, 0.15) is 37.3 Å². The molecule has 1 aliphatic heterocycles. The lowest BCUT2D eigenvalue weighted by molar-refractivity contribution is -0.937. The summed E-state index contributed by atoms with van der Waals surface area (Å²) < 4.78 is 11.2. The highest BCUT2D eigenvalue weighted by Gasteiger charge is 2.27. The van der Waals surface area contributed by atoms with Crippen molar-refractivity contribution in [1.82, 2.24) is 4.98 Å². The third kappa shape index (κ3) is 4.26. The average Bonchev–Trinajstić information content (AvgIpc) is 2.66. The number of piperidine rings is 1. The second-order valence-corrected chi connectivity index (χ2v) is 6.35. The number of likely N-dealkylation sites (tertiary alicyclic amines) is 1. The summed E-state index contributed by atoms with van der Waals surface area (Å²) in [6, 6.07) is 12.7. The molecule has 2 heterocycles. The average molecular weight is 327 g/mol. The molecule has 1 unspecified atom stereocenters. The smallest absolute Gasteiger partial charge is 0.161 e. The topological polar surface area (TPSA) is 35.8 Å². The van der Waals surface area contributed by atoms with Gasteiger partial charge in [0, 0.05) is 30.8 Å². The Morgan fingerprint density at radius 3 is 2.79 bits per heavy atom. The van der Waals surface area contributed by atoms with Gasteiger partial charge in [0.1, 0.15) is 6.04 Å². The van der Waals surface area contributed by atoms with E-state index < -0.39 is 0 Å². The van der Waals surface area contributed by atoms with Gasteiger partial charge < -0.3 is 14.4 Å². The van der Waals surface area contributed by atoms with Crippen LogP contribution in [0.2, 0.25) is 0 Å². The van der Waals surface area contributed by atoms with Crippen molar-refractivity contribution >= 4 is 0 Å². The van der Waals surface area contributed by atoms with Gasteiger partial charge in [-0.15, -0.1) is 0 Å². The quantitative estimate of drug-likeness (QED) is 0.794. The highest BCUT2D eigenvalue weighted by molar-refractivity contribution is 5.39. The van der Waals surface area contributed by atoms with Gasteiger partial charge >= 0.3 is 0 Å². The molecule has 0 saturated carbocycles. The summed E-state index contributed by atoms with van der Waals surface area (Å²) in [4.78, 5) is 5.96. The van der Waals surface area contributed by atoms with Gasteiger partial charge in [0.2, 0.25) is 0 Å². The predicted molar refractivity (Wildman–Crippen MR) is 94.6 cm³/mol. The molecule has 0 radical (unpaired) electrons. The molecule has 1 aliphatic rings. The van der Waals surface area contributed by atoms with E-state index >= 15 is 0 Å². The summed E-state index contributed by atoms with van der Waals surface area (Å²) in [5.41, 5.74) is 1.37. The number of methoxy groups -OCH3 is 1. The molecule has 0 aliphatic carbocycles. The molecule has 4 heteroatoms. The Labute approximate surface area is 144 Å². The minimum atomic E-state index is 0.582. The Morgan fingerprint density at radius 2 is 2.00 bits per heavy atom. The Kier molecular flexibility index (Phi) is 6.07. The number of pyridine rings is 1. The molecule has 1 aromatic carbocycles. The van der Waals surface area contributed by atoms with Crippen LogP contribution in [0.4, 0.5) is 0 Å². The molecule has 4 nitrogen and oxygen atoms in total. The van der Waals surface area contributed by atoms with Crippen molar-refractivity contribution in [2.75, 3.05) is 26.8 Å². The summed E-state index contributed by atoms with van der Waals surface area (Å²) in [7, 11) is 1.68. The number of quaternary nitrogens is 1. The third-order valence-corrected chi connectivity index (χ3v) is 4.79. The summed E-state index contributed by atoms with van der Waals surface area (Å²) in [6.07, 6.45) is 8.83. The third-order valence-electron chi connectivity index (χ3n) is 4.79. The number of benzene rings is 1. The second kappa shape index (κ2) is 8.69. The van der Waals surface area contributed by atoms with Crippen molar-refractivity contribution in [1.29, 1.82) is 0 Å². The van der Waals surface area contributed by atoms with Gasteiger partial charge in [-0.2, -0.15) is 0 Å². The van der Waals surface area contributed by atoms with Gasteiger partial charge in [-0.05, 0) is 31.0 Å². The standard InChI is InChI=1S/C20H26N2O2/c1-23-19-10-2-3-11-20(19)24-15-7-14-22-13-5-4-9-18(22)17-8-6-12-21-16-17/h2-3,6,8,10-12,16,18H,4-5,7,9,13-15H2,1H3/p+1/t18-/m1/s1. The molecule has 1 aromatic heterocycles. The minimum Gasteiger partial charge on any atom is -0.493 e. The van der Waals surface area contributed by atoms with Crippen molar-refractivity contribution in [3.8, 4) is 11.5 Å². The number of ether oxygens (including phenoxy) is 2. The van der Waals surface area contributed by atoms with Gasteiger partial charge in [-0.3, -0.25) is 4.98 Å². The maximum atomic E-state index is 5.91. The summed E-state index contributed by atoms with van der Waals surface area (Å²) >= 11 is 0. The molecular formula is C20H27N2O2+. The van der Waals surface area contributed by atoms with Crippen LogP contribution < -0.4 is 14.4 Å². The number of hydrogen-bond acceptors (Lipinski definition) is 3. The SMILES string of the molecule is COc1ccccc1OCCC[NH+]1CCCC[C@@H]1c1cccnc1. The van der Waals surface area contributed by atoms with Crippen molar-refractivity contribution in [2.45, 2.75) is 31.7 Å². The number of para-hydroxylation sites is 2. The number of aromatic nitrogens is 1. The van der Waals surface area contributed by atoms with Crippen molar-refractivity contribution < 1.29 is 14.4 Å². The van der Waals surface area contributed by atoms with Crippen LogP contribution >= 0.6 is 0 Å². The Balaban J connectivity index is 1.51. The lowest BCUT2D eigenvalue weighted by atomic mass is 9.96. The fourth-order valence-electron chi connectivity index (χ4n) is 3.58. The van der Waals surface area contributed by atoms with Crippen LogP contribution in [0.5, 0.6) is 11.5 Å². The number of nitrogens with one attached hydrogen (secondary N) is 1. The lowest BCUT2D eigenvalue weighted by Gasteiger charge is -2.32. The first-order chi connectivity index (χ1) is 11.9. The molecule has 1 N–H and O–H groups in total. The van der Waals surface area contributed by atoms with E-state index in [1.807, 2.05) is 42.7 Å². The molecule has 0 spiro atoms. The minimum absolute atomic E-state index is 0.582. The van der Waals surface area contributed by atoms with Crippen LogP contribution in [0.3, 0.4) is 0 Å². The molecule has 3 rings (SSSR count). The van der Waals surface area contributed by atoms with Crippen LogP contribution in [-0.4, -0.2) is 31.8 Å². The van der Waals surface area contributed by atoms with Crippen molar-refractivity contribution in [3.05, 3.63) is 54.4 Å². The Morgan fingerprint density at radius 1 is 1.12 bits per heavy atom. The first-order valence-electron chi connectivity index (χ1n) is 8.89. The molecular weight excluding hydrogens is 300 g/mol. The fraction of sp³-hybridized carbons (Fsp3) is 0.450. The second-order valence-electron chi connectivity index (χ2n) is 6.35. The summed E-state index contributed by atoms with van der Waals surface area (Å²) in [5.74, 6) is 1.63. The normalized spacial score (nSPS) is 20.5. The van der Waals surface area contributed by atoms with Crippen LogP contribution in [0, 0.1) is 0 Å². The van der Waals surface area contributed by atoms with Crippen molar-refractivity contribution in [2.24, 2.45) is 0 Å². The lowest BCUT2D eigenvalue weighted by Crippen LogP contribution is -3.13. The highest BCUT2D eigenvalue weighted by atomic mass is 16.5. The first kappa shape index (κ1) is 16.8. The largest absolute Gasteiger partial charge is 0.493 e. The van der Waals surface area contributed by atoms with Gasteiger partial charge in [-0.25, -0.2) is 0 Å². The number of nitrogens with zero attached hydrogens (tertiary/aromatic N) is 1. The number of rotatable bonds is 7. The van der Waals surface area contributed by atoms with E-state index in [2.05, 4.69) is 11.1 Å². The van der Waals surface area contributed by atoms with E-state index in [1.54, 1.807) is 12.0 Å². The van der Waals surface area contributed by atoms with Gasteiger partial charge in [0.15, 0.2) is 11.5 Å². The molecule has 1 saturated heterocycles. The van der Waals surface area contributed by atoms with Gasteiger partial charge in [0.05, 0.1) is 26.8 Å². The van der Waals surface area contributed by atoms with Crippen LogP contribution in [-0.2, 0) is 0 Å². The Bertz CT molecular complexity index is 618. The van der Waals surface area contributed by atoms with E-state index in [1.165, 1.54) is 31.4 Å². The predicted octanol–water partition coefficient (Wildman–Crippen LogP) is 2.67. The summed E-state index contributed by atoms with van der Waals surface area (Å²) in [6.45, 7) is 3.10. The molecule has 2 aromatic rings. The van der Waals surface area contributed by atoms with Crippen molar-refractivity contribution in [3.63, 3.8) is 0 Å². The molecule has 0 bridgehead atoms. The maximum Gasteiger partial charge on any atom is 0.161 e. The Hall–Kier alpha value is -2.07. The monoisotopic (exact) mass is 327 g/mol. The van der Waals surface area contributed by atoms with Crippen LogP contribution in [0.15, 0.2) is 48.8 Å². The van der Waals surface area contributed by atoms with Gasteiger partial charge in [-0.1, -0.05) is 18.2 Å². The van der Waals surface area contributed by atoms with E-state index in [9.17, 15) is 0 Å². The van der Waals surface area contributed by atoms with E-state index in [-0.39, 0.29) is 0 Å². The van der Waals surface area contributed by atoms with Crippen LogP contribution in [0.25, 0.3) is 0 Å². The zero-order chi connectivity index (χ0) is 16.6. The maximum absolute atomic E-state index is 5.91. The number of hydrogen-bond donors (Lipinski definition) is 1. The van der Waals surface area contributed by atoms with E-state index in [0.717, 1.165) is 31.1 Å². The van der Waals surface area contributed by atoms with E-state index in [4.69, 9.17) is 9.47 Å². The summed E-state index contributed by atoms with van der Waals surface area (Å²) in [5, 5.41) is 0. The highest BCUT2D eigenvalue weighted by Crippen LogP contribution is 2.25. The molecule has 2 atom stereocenters. The fourth-order valence-corrected chi connectivity index (χ4v) is 3.58. The zero-order valence-corrected chi connectivity index (χ0v) is 14.4.